The van der Waals surface area contributed by atoms with Gasteiger partial charge in [0, 0.05) is 0 Å². The van der Waals surface area contributed by atoms with Gasteiger partial charge in [0.2, 0.25) is 5.91 Å². The van der Waals surface area contributed by atoms with Crippen molar-refractivity contribution in [2.75, 3.05) is 12.4 Å². The summed E-state index contributed by atoms with van der Waals surface area (Å²) in [4.78, 5) is 22.4. The standard InChI is InChI=1S/C13H16F2N2O3/c1-6(2)11(12(16)18)17-8-5-4-7(13(19)20-3)9(14)10(8)15/h4-6,11,17H,1-3H3,(H2,16,18). The Morgan fingerprint density at radius 2 is 1.85 bits per heavy atom. The molecule has 1 unspecified atom stereocenters. The maximum atomic E-state index is 13.8. The average molecular weight is 286 g/mol. The van der Waals surface area contributed by atoms with E-state index < -0.39 is 35.1 Å². The highest BCUT2D eigenvalue weighted by Gasteiger charge is 2.24. The van der Waals surface area contributed by atoms with Crippen LogP contribution in [0.4, 0.5) is 14.5 Å². The maximum Gasteiger partial charge on any atom is 0.340 e. The first-order chi connectivity index (χ1) is 9.29. The molecule has 0 fully saturated rings. The van der Waals surface area contributed by atoms with Gasteiger partial charge < -0.3 is 15.8 Å². The molecule has 1 amide bonds. The number of hydrogen-bond donors (Lipinski definition) is 2. The molecule has 0 saturated carbocycles. The van der Waals surface area contributed by atoms with Crippen LogP contribution in [0.25, 0.3) is 0 Å². The number of halogens is 2. The summed E-state index contributed by atoms with van der Waals surface area (Å²) in [6.07, 6.45) is 0. The summed E-state index contributed by atoms with van der Waals surface area (Å²) in [6, 6.07) is 1.38. The fourth-order valence-electron chi connectivity index (χ4n) is 1.66. The van der Waals surface area contributed by atoms with Crippen molar-refractivity contribution < 1.29 is 23.1 Å². The minimum atomic E-state index is -1.34. The maximum absolute atomic E-state index is 13.8. The van der Waals surface area contributed by atoms with Crippen LogP contribution in [0.1, 0.15) is 24.2 Å². The zero-order valence-corrected chi connectivity index (χ0v) is 11.4. The number of nitrogens with one attached hydrogen (secondary N) is 1. The van der Waals surface area contributed by atoms with Crippen molar-refractivity contribution in [2.24, 2.45) is 11.7 Å². The third-order valence-electron chi connectivity index (χ3n) is 2.77. The monoisotopic (exact) mass is 286 g/mol. The second-order valence-corrected chi connectivity index (χ2v) is 4.55. The van der Waals surface area contributed by atoms with Gasteiger partial charge in [0.05, 0.1) is 18.4 Å². The highest BCUT2D eigenvalue weighted by Crippen LogP contribution is 2.23. The highest BCUT2D eigenvalue weighted by molar-refractivity contribution is 5.90. The lowest BCUT2D eigenvalue weighted by molar-refractivity contribution is -0.119. The lowest BCUT2D eigenvalue weighted by Crippen LogP contribution is -2.39. The van der Waals surface area contributed by atoms with E-state index >= 15 is 0 Å². The molecule has 110 valence electrons. The number of esters is 1. The van der Waals surface area contributed by atoms with Crippen molar-refractivity contribution in [3.63, 3.8) is 0 Å². The lowest BCUT2D eigenvalue weighted by Gasteiger charge is -2.20. The Balaban J connectivity index is 3.13. The van der Waals surface area contributed by atoms with Crippen LogP contribution >= 0.6 is 0 Å². The lowest BCUT2D eigenvalue weighted by atomic mass is 10.0. The van der Waals surface area contributed by atoms with Crippen LogP contribution in [0, 0.1) is 17.6 Å². The van der Waals surface area contributed by atoms with Crippen molar-refractivity contribution in [3.8, 4) is 0 Å². The molecule has 0 aliphatic carbocycles. The summed E-state index contributed by atoms with van der Waals surface area (Å²) in [5.74, 6) is -4.48. The topological polar surface area (TPSA) is 81.4 Å². The molecule has 1 rings (SSSR count). The molecule has 0 aliphatic rings. The summed E-state index contributed by atoms with van der Waals surface area (Å²) in [5, 5.41) is 2.53. The molecule has 20 heavy (non-hydrogen) atoms. The molecule has 0 spiro atoms. The van der Waals surface area contributed by atoms with Crippen LogP contribution < -0.4 is 11.1 Å². The fourth-order valence-corrected chi connectivity index (χ4v) is 1.66. The van der Waals surface area contributed by atoms with E-state index in [9.17, 15) is 18.4 Å². The molecule has 5 nitrogen and oxygen atoms in total. The van der Waals surface area contributed by atoms with E-state index in [0.717, 1.165) is 19.2 Å². The number of ether oxygens (including phenoxy) is 1. The quantitative estimate of drug-likeness (QED) is 0.807. The van der Waals surface area contributed by atoms with Gasteiger partial charge in [-0.15, -0.1) is 0 Å². The van der Waals surface area contributed by atoms with Crippen molar-refractivity contribution in [1.29, 1.82) is 0 Å². The van der Waals surface area contributed by atoms with E-state index in [1.807, 2.05) is 0 Å². The average Bonchev–Trinajstić information content (AvgIpc) is 2.38. The van der Waals surface area contributed by atoms with Gasteiger partial charge in [-0.25, -0.2) is 13.6 Å². The van der Waals surface area contributed by atoms with Gasteiger partial charge in [-0.1, -0.05) is 13.8 Å². The van der Waals surface area contributed by atoms with Gasteiger partial charge in [-0.3, -0.25) is 4.79 Å². The van der Waals surface area contributed by atoms with Gasteiger partial charge in [0.1, 0.15) is 6.04 Å². The summed E-state index contributed by atoms with van der Waals surface area (Å²) in [5.41, 5.74) is 4.42. The molecule has 0 heterocycles. The highest BCUT2D eigenvalue weighted by atomic mass is 19.2. The first kappa shape index (κ1) is 15.9. The normalized spacial score (nSPS) is 12.1. The van der Waals surface area contributed by atoms with Gasteiger partial charge in [0.15, 0.2) is 11.6 Å². The Kier molecular flexibility index (Phi) is 5.01. The molecular formula is C13H16F2N2O3. The molecule has 1 aromatic carbocycles. The fraction of sp³-hybridized carbons (Fsp3) is 0.385. The van der Waals surface area contributed by atoms with Crippen LogP contribution in [-0.2, 0) is 9.53 Å². The molecule has 0 radical (unpaired) electrons. The van der Waals surface area contributed by atoms with Crippen LogP contribution in [-0.4, -0.2) is 25.0 Å². The second-order valence-electron chi connectivity index (χ2n) is 4.55. The number of benzene rings is 1. The van der Waals surface area contributed by atoms with Gasteiger partial charge in [-0.2, -0.15) is 0 Å². The molecule has 3 N–H and O–H groups in total. The van der Waals surface area contributed by atoms with E-state index in [4.69, 9.17) is 5.73 Å². The van der Waals surface area contributed by atoms with E-state index in [2.05, 4.69) is 10.1 Å². The van der Waals surface area contributed by atoms with E-state index in [1.54, 1.807) is 13.8 Å². The predicted molar refractivity (Wildman–Crippen MR) is 69.1 cm³/mol. The molecule has 1 aromatic rings. The molecule has 1 atom stereocenters. The number of nitrogens with two attached hydrogens (primary N) is 1. The van der Waals surface area contributed by atoms with Crippen LogP contribution in [0.3, 0.4) is 0 Å². The SMILES string of the molecule is COC(=O)c1ccc(NC(C(N)=O)C(C)C)c(F)c1F. The first-order valence-electron chi connectivity index (χ1n) is 5.91. The number of carbonyl (C=O) groups excluding carboxylic acids is 2. The van der Waals surface area contributed by atoms with Gasteiger partial charge in [-0.05, 0) is 18.1 Å². The summed E-state index contributed by atoms with van der Waals surface area (Å²) >= 11 is 0. The van der Waals surface area contributed by atoms with Gasteiger partial charge >= 0.3 is 5.97 Å². The van der Waals surface area contributed by atoms with Crippen molar-refractivity contribution in [3.05, 3.63) is 29.3 Å². The Labute approximate surface area is 115 Å². The summed E-state index contributed by atoms with van der Waals surface area (Å²) < 4.78 is 31.9. The largest absolute Gasteiger partial charge is 0.465 e. The summed E-state index contributed by atoms with van der Waals surface area (Å²) in [7, 11) is 1.06. The third kappa shape index (κ3) is 3.23. The Morgan fingerprint density at radius 1 is 1.25 bits per heavy atom. The van der Waals surface area contributed by atoms with Crippen LogP contribution in [0.15, 0.2) is 12.1 Å². The van der Waals surface area contributed by atoms with Crippen molar-refractivity contribution >= 4 is 17.6 Å². The molecule has 0 aliphatic heterocycles. The Morgan fingerprint density at radius 3 is 2.30 bits per heavy atom. The number of rotatable bonds is 5. The molecule has 0 bridgehead atoms. The molecule has 0 saturated heterocycles. The Bertz CT molecular complexity index is 533. The number of primary amides is 1. The van der Waals surface area contributed by atoms with E-state index in [-0.39, 0.29) is 11.6 Å². The first-order valence-corrected chi connectivity index (χ1v) is 5.91. The summed E-state index contributed by atoms with van der Waals surface area (Å²) in [6.45, 7) is 3.42. The van der Waals surface area contributed by atoms with Gasteiger partial charge in [0.25, 0.3) is 0 Å². The molecule has 0 aromatic heterocycles. The number of hydrogen-bond acceptors (Lipinski definition) is 4. The predicted octanol–water partition coefficient (Wildman–Crippen LogP) is 1.67. The van der Waals surface area contributed by atoms with Crippen molar-refractivity contribution in [2.45, 2.75) is 19.9 Å². The van der Waals surface area contributed by atoms with Crippen molar-refractivity contribution in [1.82, 2.24) is 0 Å². The third-order valence-corrected chi connectivity index (χ3v) is 2.77. The minimum absolute atomic E-state index is 0.213. The van der Waals surface area contributed by atoms with Crippen LogP contribution in [0.2, 0.25) is 0 Å². The number of amides is 1. The second kappa shape index (κ2) is 6.31. The zero-order valence-electron chi connectivity index (χ0n) is 11.4. The number of anilines is 1. The minimum Gasteiger partial charge on any atom is -0.465 e. The number of carbonyl (C=O) groups is 2. The zero-order chi connectivity index (χ0) is 15.4. The Hall–Kier alpha value is -2.18. The number of methoxy groups -OCH3 is 1. The van der Waals surface area contributed by atoms with E-state index in [1.165, 1.54) is 0 Å². The molecule has 7 heteroatoms. The van der Waals surface area contributed by atoms with E-state index in [0.29, 0.717) is 0 Å². The van der Waals surface area contributed by atoms with Crippen LogP contribution in [0.5, 0.6) is 0 Å². The molecular weight excluding hydrogens is 270 g/mol. The smallest absolute Gasteiger partial charge is 0.340 e.